The first kappa shape index (κ1) is 21.7. The van der Waals surface area contributed by atoms with E-state index < -0.39 is 43.5 Å². The van der Waals surface area contributed by atoms with E-state index in [1.807, 2.05) is 4.72 Å². The van der Waals surface area contributed by atoms with Crippen molar-refractivity contribution in [1.29, 1.82) is 0 Å². The average molecular weight is 437 g/mol. The van der Waals surface area contributed by atoms with Gasteiger partial charge in [0.05, 0.1) is 25.3 Å². The number of nitrogens with one attached hydrogen (secondary N) is 1. The Morgan fingerprint density at radius 3 is 2.25 bits per heavy atom. The Balaban J connectivity index is 2.57. The molecule has 0 amide bonds. The number of benzene rings is 1. The summed E-state index contributed by atoms with van der Waals surface area (Å²) < 4.78 is 74.5. The molecule has 0 radical (unpaired) electrons. The molecule has 0 bridgehead atoms. The highest BCUT2D eigenvalue weighted by atomic mass is 32.2. The molecule has 2 aromatic rings. The lowest BCUT2D eigenvalue weighted by Gasteiger charge is -2.11. The van der Waals surface area contributed by atoms with Crippen LogP contribution < -0.4 is 4.72 Å². The molecule has 1 N–H and O–H groups in total. The molecule has 0 aliphatic heterocycles. The highest BCUT2D eigenvalue weighted by molar-refractivity contribution is 7.94. The molecule has 0 aliphatic carbocycles. The van der Waals surface area contributed by atoms with Crippen LogP contribution in [0.4, 0.5) is 18.9 Å². The van der Waals surface area contributed by atoms with Crippen molar-refractivity contribution >= 4 is 39.0 Å². The molecule has 152 valence electrons. The number of esters is 2. The Hall–Kier alpha value is -2.60. The lowest BCUT2D eigenvalue weighted by Crippen LogP contribution is -2.16. The molecule has 12 heteroatoms. The van der Waals surface area contributed by atoms with E-state index in [0.717, 1.165) is 32.4 Å². The predicted molar refractivity (Wildman–Crippen MR) is 94.0 cm³/mol. The number of anilines is 1. The molecule has 0 saturated heterocycles. The third-order valence-electron chi connectivity index (χ3n) is 3.56. The van der Waals surface area contributed by atoms with Gasteiger partial charge in [-0.05, 0) is 30.7 Å². The summed E-state index contributed by atoms with van der Waals surface area (Å²) in [6.45, 7) is 1.33. The number of thiophene rings is 1. The molecule has 1 aromatic heterocycles. The minimum atomic E-state index is -4.67. The van der Waals surface area contributed by atoms with Crippen LogP contribution in [0, 0.1) is 6.92 Å². The van der Waals surface area contributed by atoms with Crippen molar-refractivity contribution in [3.8, 4) is 0 Å². The van der Waals surface area contributed by atoms with Crippen LogP contribution in [0.3, 0.4) is 0 Å². The van der Waals surface area contributed by atoms with Gasteiger partial charge in [-0.1, -0.05) is 6.07 Å². The second kappa shape index (κ2) is 7.80. The maximum absolute atomic E-state index is 12.8. The van der Waals surface area contributed by atoms with Gasteiger partial charge in [0.15, 0.2) is 4.21 Å². The van der Waals surface area contributed by atoms with E-state index in [1.54, 1.807) is 0 Å². The van der Waals surface area contributed by atoms with Gasteiger partial charge in [0.2, 0.25) is 0 Å². The van der Waals surface area contributed by atoms with Crippen LogP contribution in [0.1, 0.15) is 31.2 Å². The van der Waals surface area contributed by atoms with E-state index in [2.05, 4.69) is 9.47 Å². The number of carbonyl (C=O) groups excluding carboxylic acids is 2. The van der Waals surface area contributed by atoms with E-state index in [9.17, 15) is 31.2 Å². The van der Waals surface area contributed by atoms with Crippen LogP contribution in [-0.2, 0) is 25.7 Å². The molecule has 7 nitrogen and oxygen atoms in total. The van der Waals surface area contributed by atoms with Gasteiger partial charge in [-0.15, -0.1) is 11.3 Å². The largest absolute Gasteiger partial charge is 0.465 e. The number of hydrogen-bond donors (Lipinski definition) is 1. The number of halogens is 3. The lowest BCUT2D eigenvalue weighted by molar-refractivity contribution is -0.137. The van der Waals surface area contributed by atoms with Crippen molar-refractivity contribution in [2.45, 2.75) is 17.3 Å². The number of rotatable bonds is 5. The van der Waals surface area contributed by atoms with Crippen molar-refractivity contribution in [2.75, 3.05) is 18.9 Å². The fourth-order valence-corrected chi connectivity index (χ4v) is 5.06. The number of alkyl halides is 3. The van der Waals surface area contributed by atoms with Crippen molar-refractivity contribution in [3.63, 3.8) is 0 Å². The minimum Gasteiger partial charge on any atom is -0.465 e. The maximum atomic E-state index is 12.8. The number of carbonyl (C=O) groups is 2. The summed E-state index contributed by atoms with van der Waals surface area (Å²) in [5, 5.41) is 0. The first-order valence-electron chi connectivity index (χ1n) is 7.42. The number of ether oxygens (including phenoxy) is 2. The Morgan fingerprint density at radius 2 is 1.71 bits per heavy atom. The zero-order chi connectivity index (χ0) is 21.3. The predicted octanol–water partition coefficient (Wildman–Crippen LogP) is 3.45. The zero-order valence-corrected chi connectivity index (χ0v) is 16.3. The summed E-state index contributed by atoms with van der Waals surface area (Å²) in [4.78, 5) is 23.8. The van der Waals surface area contributed by atoms with E-state index >= 15 is 0 Å². The highest BCUT2D eigenvalue weighted by Gasteiger charge is 2.34. The van der Waals surface area contributed by atoms with Crippen LogP contribution in [0.25, 0.3) is 0 Å². The molecule has 0 atom stereocenters. The maximum Gasteiger partial charge on any atom is 0.416 e. The molecule has 1 heterocycles. The molecule has 2 rings (SSSR count). The summed E-state index contributed by atoms with van der Waals surface area (Å²) in [5.41, 5.74) is -1.80. The SMILES string of the molecule is COC(=O)c1sc(S(=O)(=O)Nc2cccc(C(F)(F)F)c2)c(C(=O)OC)c1C. The molecule has 28 heavy (non-hydrogen) atoms. The van der Waals surface area contributed by atoms with Crippen LogP contribution in [0.2, 0.25) is 0 Å². The molecule has 0 aliphatic rings. The molecular weight excluding hydrogens is 423 g/mol. The smallest absolute Gasteiger partial charge is 0.416 e. The number of hydrogen-bond acceptors (Lipinski definition) is 7. The monoisotopic (exact) mass is 437 g/mol. The summed E-state index contributed by atoms with van der Waals surface area (Å²) in [5.74, 6) is -1.89. The molecule has 0 saturated carbocycles. The third kappa shape index (κ3) is 4.28. The first-order valence-corrected chi connectivity index (χ1v) is 9.72. The van der Waals surface area contributed by atoms with Gasteiger partial charge in [-0.25, -0.2) is 18.0 Å². The minimum absolute atomic E-state index is 0.0214. The summed E-state index contributed by atoms with van der Waals surface area (Å²) in [6.07, 6.45) is -4.67. The van der Waals surface area contributed by atoms with Gasteiger partial charge in [0.1, 0.15) is 4.88 Å². The van der Waals surface area contributed by atoms with Gasteiger partial charge in [-0.2, -0.15) is 13.2 Å². The van der Waals surface area contributed by atoms with Gasteiger partial charge >= 0.3 is 18.1 Å². The van der Waals surface area contributed by atoms with E-state index in [1.165, 1.54) is 6.92 Å². The van der Waals surface area contributed by atoms with Crippen LogP contribution in [-0.4, -0.2) is 34.6 Å². The zero-order valence-electron chi connectivity index (χ0n) is 14.7. The summed E-state index contributed by atoms with van der Waals surface area (Å²) >= 11 is 0.450. The van der Waals surface area contributed by atoms with Gasteiger partial charge < -0.3 is 9.47 Å². The van der Waals surface area contributed by atoms with Crippen LogP contribution in [0.5, 0.6) is 0 Å². The van der Waals surface area contributed by atoms with Gasteiger partial charge in [0.25, 0.3) is 10.0 Å². The normalized spacial score (nSPS) is 11.8. The second-order valence-corrected chi connectivity index (χ2v) is 8.28. The Bertz CT molecular complexity index is 1030. The molecule has 1 aromatic carbocycles. The van der Waals surface area contributed by atoms with Gasteiger partial charge in [-0.3, -0.25) is 4.72 Å². The third-order valence-corrected chi connectivity index (χ3v) is 6.73. The number of sulfonamides is 1. The quantitative estimate of drug-likeness (QED) is 0.720. The summed E-state index contributed by atoms with van der Waals surface area (Å²) in [6, 6.07) is 3.53. The summed E-state index contributed by atoms with van der Waals surface area (Å²) in [7, 11) is -2.41. The first-order chi connectivity index (χ1) is 12.9. The van der Waals surface area contributed by atoms with Crippen molar-refractivity contribution < 1.29 is 40.7 Å². The molecule has 0 spiro atoms. The second-order valence-electron chi connectivity index (χ2n) is 5.39. The standard InChI is InChI=1S/C16H14F3NO6S2/c1-8-11(13(21)25-2)15(27-12(8)14(22)26-3)28(23,24)20-10-6-4-5-9(7-10)16(17,18)19/h4-7,20H,1-3H3. The van der Waals surface area contributed by atoms with E-state index in [4.69, 9.17) is 0 Å². The average Bonchev–Trinajstić information content (AvgIpc) is 2.97. The van der Waals surface area contributed by atoms with Gasteiger partial charge in [0, 0.05) is 5.69 Å². The Kier molecular flexibility index (Phi) is 6.04. The van der Waals surface area contributed by atoms with Crippen molar-refractivity contribution in [1.82, 2.24) is 0 Å². The topological polar surface area (TPSA) is 98.8 Å². The Morgan fingerprint density at radius 1 is 1.11 bits per heavy atom. The van der Waals surface area contributed by atoms with Crippen LogP contribution >= 0.6 is 11.3 Å². The molecular formula is C16H14F3NO6S2. The van der Waals surface area contributed by atoms with E-state index in [-0.39, 0.29) is 16.1 Å². The van der Waals surface area contributed by atoms with Crippen molar-refractivity contribution in [3.05, 3.63) is 45.8 Å². The lowest BCUT2D eigenvalue weighted by atomic mass is 10.2. The van der Waals surface area contributed by atoms with Crippen LogP contribution in [0.15, 0.2) is 28.5 Å². The highest BCUT2D eigenvalue weighted by Crippen LogP contribution is 2.35. The molecule has 0 fully saturated rings. The Labute approximate surface area is 162 Å². The number of methoxy groups -OCH3 is 2. The van der Waals surface area contributed by atoms with E-state index in [0.29, 0.717) is 17.4 Å². The fourth-order valence-electron chi connectivity index (χ4n) is 2.26. The fraction of sp³-hybridized carbons (Fsp3) is 0.250. The van der Waals surface area contributed by atoms with Crippen molar-refractivity contribution in [2.24, 2.45) is 0 Å². The molecule has 0 unspecified atom stereocenters.